The lowest BCUT2D eigenvalue weighted by molar-refractivity contribution is -0.198. The number of benzene rings is 2. The van der Waals surface area contributed by atoms with E-state index < -0.39 is 66.0 Å². The third-order valence-electron chi connectivity index (χ3n) is 5.72. The summed E-state index contributed by atoms with van der Waals surface area (Å²) in [4.78, 5) is 36.7. The van der Waals surface area contributed by atoms with Crippen LogP contribution in [-0.2, 0) is 23.9 Å². The number of ether oxygens (including phenoxy) is 2. The van der Waals surface area contributed by atoms with E-state index in [0.29, 0.717) is 11.1 Å². The number of hydrogen-bond acceptors (Lipinski definition) is 11. The maximum atomic E-state index is 12.5. The molecule has 3 rings (SSSR count). The molecule has 0 spiro atoms. The van der Waals surface area contributed by atoms with E-state index in [1.54, 1.807) is 0 Å². The zero-order chi connectivity index (χ0) is 27.3. The number of carbonyl (C=O) groups is 3. The Labute approximate surface area is 209 Å². The molecule has 2 aromatic rings. The number of carboxylic acid groups (broad SMARTS) is 1. The fraction of sp³-hybridized carbons (Fsp3) is 0.240. The number of aliphatic hydroxyl groups excluding tert-OH is 2. The molecule has 1 aliphatic carbocycles. The summed E-state index contributed by atoms with van der Waals surface area (Å²) < 4.78 is 10.0. The van der Waals surface area contributed by atoms with Gasteiger partial charge in [-0.05, 0) is 47.5 Å². The second-order valence-electron chi connectivity index (χ2n) is 8.36. The molecule has 0 amide bonds. The Morgan fingerprint density at radius 3 is 1.81 bits per heavy atom. The third kappa shape index (κ3) is 6.37. The molecule has 1 aliphatic rings. The molecule has 7 N–H and O–H groups in total. The highest BCUT2D eigenvalue weighted by Gasteiger charge is 2.55. The molecular weight excluding hydrogens is 492 g/mol. The van der Waals surface area contributed by atoms with Gasteiger partial charge in [0.05, 0.1) is 18.5 Å². The first-order valence-electron chi connectivity index (χ1n) is 10.8. The van der Waals surface area contributed by atoms with Crippen LogP contribution in [0.1, 0.15) is 24.0 Å². The second-order valence-corrected chi connectivity index (χ2v) is 8.36. The van der Waals surface area contributed by atoms with Crippen LogP contribution in [0.3, 0.4) is 0 Å². The molecule has 0 bridgehead atoms. The maximum Gasteiger partial charge on any atom is 0.348 e. The predicted octanol–water partition coefficient (Wildman–Crippen LogP) is 1.23. The van der Waals surface area contributed by atoms with Gasteiger partial charge < -0.3 is 45.2 Å². The molecule has 0 unspecified atom stereocenters. The minimum atomic E-state index is -2.34. The van der Waals surface area contributed by atoms with Crippen LogP contribution in [0.5, 0.6) is 23.0 Å². The molecule has 37 heavy (non-hydrogen) atoms. The van der Waals surface area contributed by atoms with Crippen molar-refractivity contribution >= 4 is 30.1 Å². The fourth-order valence-corrected chi connectivity index (χ4v) is 3.82. The topological polar surface area (TPSA) is 211 Å². The first-order valence-corrected chi connectivity index (χ1v) is 10.8. The van der Waals surface area contributed by atoms with Gasteiger partial charge in [-0.3, -0.25) is 4.79 Å². The Morgan fingerprint density at radius 2 is 1.32 bits per heavy atom. The van der Waals surface area contributed by atoms with E-state index in [-0.39, 0.29) is 11.5 Å². The van der Waals surface area contributed by atoms with Gasteiger partial charge in [0.1, 0.15) is 5.92 Å². The Hall–Kier alpha value is -4.55. The number of hydrogen-bond donors (Lipinski definition) is 7. The summed E-state index contributed by atoms with van der Waals surface area (Å²) >= 11 is 0. The van der Waals surface area contributed by atoms with Crippen molar-refractivity contribution in [2.24, 2.45) is 5.92 Å². The van der Waals surface area contributed by atoms with Gasteiger partial charge in [0.25, 0.3) is 0 Å². The minimum absolute atomic E-state index is 0.290. The van der Waals surface area contributed by atoms with Crippen LogP contribution in [0.2, 0.25) is 0 Å². The molecule has 0 aliphatic heterocycles. The van der Waals surface area contributed by atoms with Crippen LogP contribution in [0, 0.1) is 5.92 Å². The molecule has 0 heterocycles. The Bertz CT molecular complexity index is 1240. The Morgan fingerprint density at radius 1 is 0.811 bits per heavy atom. The van der Waals surface area contributed by atoms with Crippen molar-refractivity contribution in [3.63, 3.8) is 0 Å². The third-order valence-corrected chi connectivity index (χ3v) is 5.72. The largest absolute Gasteiger partial charge is 0.504 e. The number of aromatic hydroxyl groups is 4. The van der Waals surface area contributed by atoms with Gasteiger partial charge >= 0.3 is 17.9 Å². The number of phenolic OH excluding ortho intramolecular Hbond substituents is 4. The second kappa shape index (κ2) is 11.0. The van der Waals surface area contributed by atoms with Crippen molar-refractivity contribution in [2.45, 2.75) is 30.7 Å². The number of aliphatic carboxylic acids is 1. The first-order chi connectivity index (χ1) is 17.4. The van der Waals surface area contributed by atoms with Crippen LogP contribution in [0.15, 0.2) is 48.7 Å². The average molecular weight is 516 g/mol. The molecule has 2 atom stereocenters. The molecule has 2 aromatic carbocycles. The van der Waals surface area contributed by atoms with E-state index in [1.807, 2.05) is 0 Å². The van der Waals surface area contributed by atoms with E-state index in [1.165, 1.54) is 42.5 Å². The quantitative estimate of drug-likeness (QED) is 0.120. The van der Waals surface area contributed by atoms with Gasteiger partial charge in [-0.25, -0.2) is 9.59 Å². The summed E-state index contributed by atoms with van der Waals surface area (Å²) in [7, 11) is 0. The number of carbonyl (C=O) groups excluding carboxylic acids is 2. The van der Waals surface area contributed by atoms with Gasteiger partial charge in [0, 0.05) is 18.9 Å². The fourth-order valence-electron chi connectivity index (χ4n) is 3.82. The first kappa shape index (κ1) is 27.0. The van der Waals surface area contributed by atoms with Gasteiger partial charge in [-0.15, -0.1) is 0 Å². The van der Waals surface area contributed by atoms with E-state index in [4.69, 9.17) is 9.47 Å². The number of rotatable bonds is 7. The van der Waals surface area contributed by atoms with Crippen LogP contribution < -0.4 is 0 Å². The molecule has 0 saturated heterocycles. The van der Waals surface area contributed by atoms with E-state index in [0.717, 1.165) is 18.4 Å². The molecule has 12 nitrogen and oxygen atoms in total. The summed E-state index contributed by atoms with van der Waals surface area (Å²) in [6.45, 7) is 0. The zero-order valence-electron chi connectivity index (χ0n) is 19.1. The zero-order valence-corrected chi connectivity index (χ0v) is 19.1. The number of phenols is 4. The van der Waals surface area contributed by atoms with Crippen LogP contribution in [0.4, 0.5) is 0 Å². The maximum absolute atomic E-state index is 12.5. The van der Waals surface area contributed by atoms with Crippen molar-refractivity contribution in [2.75, 3.05) is 0 Å². The Balaban J connectivity index is 1.67. The summed E-state index contributed by atoms with van der Waals surface area (Å²) in [6.07, 6.45) is -0.675. The molecule has 0 radical (unpaired) electrons. The van der Waals surface area contributed by atoms with Crippen molar-refractivity contribution in [3.05, 3.63) is 59.9 Å². The summed E-state index contributed by atoms with van der Waals surface area (Å²) in [5.74, 6) is -6.95. The summed E-state index contributed by atoms with van der Waals surface area (Å²) in [6, 6.07) is 7.51. The van der Waals surface area contributed by atoms with Gasteiger partial charge in [-0.2, -0.15) is 0 Å². The highest BCUT2D eigenvalue weighted by Crippen LogP contribution is 2.37. The van der Waals surface area contributed by atoms with Crippen LogP contribution in [-0.4, -0.2) is 71.5 Å². The van der Waals surface area contributed by atoms with Crippen molar-refractivity contribution < 1.29 is 59.6 Å². The van der Waals surface area contributed by atoms with Crippen LogP contribution in [0.25, 0.3) is 12.2 Å². The minimum Gasteiger partial charge on any atom is -0.504 e. The lowest BCUT2D eigenvalue weighted by Crippen LogP contribution is -2.57. The predicted molar refractivity (Wildman–Crippen MR) is 125 cm³/mol. The highest BCUT2D eigenvalue weighted by molar-refractivity contribution is 5.91. The standard InChI is InChI=1S/C25H24O12/c26-15-4-1-13(9-17(15)28)3-6-21(32)37-25(24(34)35)11-19(30)22(20(31)12-25)23(33)36-8-7-14-2-5-16(27)18(29)10-14/h1-10,19-20,22,26-31H,11-12H2,(H,34,35)/b6-3+,8-7+/t19-,20-,22?,25?/m1/s1. The van der Waals surface area contributed by atoms with Gasteiger partial charge in [-0.1, -0.05) is 12.1 Å². The van der Waals surface area contributed by atoms with Gasteiger partial charge in [0.2, 0.25) is 5.60 Å². The van der Waals surface area contributed by atoms with Crippen molar-refractivity contribution in [3.8, 4) is 23.0 Å². The molecular formula is C25H24O12. The van der Waals surface area contributed by atoms with E-state index >= 15 is 0 Å². The number of aliphatic hydroxyl groups is 2. The SMILES string of the molecule is O=C(/C=C/c1ccc(O)c(O)c1)OC1(C(=O)O)C[C@@H](O)C(C(=O)O/C=C/c2ccc(O)c(O)c2)[C@H](O)C1. The molecule has 0 aromatic heterocycles. The average Bonchev–Trinajstić information content (AvgIpc) is 2.81. The number of carboxylic acids is 1. The highest BCUT2D eigenvalue weighted by atomic mass is 16.6. The lowest BCUT2D eigenvalue weighted by atomic mass is 9.74. The molecule has 1 fully saturated rings. The van der Waals surface area contributed by atoms with Gasteiger partial charge in [0.15, 0.2) is 23.0 Å². The normalized spacial score (nSPS) is 23.7. The van der Waals surface area contributed by atoms with E-state index in [9.17, 15) is 50.1 Å². The Kier molecular flexibility index (Phi) is 8.05. The monoisotopic (exact) mass is 516 g/mol. The van der Waals surface area contributed by atoms with Crippen LogP contribution >= 0.6 is 0 Å². The molecule has 1 saturated carbocycles. The molecule has 12 heteroatoms. The summed E-state index contributed by atoms with van der Waals surface area (Å²) in [5, 5.41) is 68.3. The smallest absolute Gasteiger partial charge is 0.348 e. The van der Waals surface area contributed by atoms with Crippen molar-refractivity contribution in [1.29, 1.82) is 0 Å². The molecule has 196 valence electrons. The summed E-state index contributed by atoms with van der Waals surface area (Å²) in [5.41, 5.74) is -1.69. The lowest BCUT2D eigenvalue weighted by Gasteiger charge is -2.40. The number of esters is 2. The van der Waals surface area contributed by atoms with Crippen molar-refractivity contribution in [1.82, 2.24) is 0 Å². The van der Waals surface area contributed by atoms with E-state index in [2.05, 4.69) is 0 Å².